The van der Waals surface area contributed by atoms with Gasteiger partial charge in [-0.2, -0.15) is 0 Å². The zero-order chi connectivity index (χ0) is 16.4. The number of hydrogen-bond acceptors (Lipinski definition) is 3. The zero-order valence-corrected chi connectivity index (χ0v) is 13.1. The van der Waals surface area contributed by atoms with Gasteiger partial charge in [0.2, 0.25) is 5.91 Å². The first-order valence-corrected chi connectivity index (χ1v) is 7.46. The Kier molecular flexibility index (Phi) is 4.02. The molecular weight excluding hydrogens is 292 g/mol. The lowest BCUT2D eigenvalue weighted by Crippen LogP contribution is -2.30. The Labute approximate surface area is 133 Å². The number of carbonyl (C=O) groups excluding carboxylic acids is 1. The Morgan fingerprint density at radius 2 is 1.96 bits per heavy atom. The van der Waals surface area contributed by atoms with Crippen LogP contribution >= 0.6 is 0 Å². The Balaban J connectivity index is 1.72. The number of oxazole rings is 1. The van der Waals surface area contributed by atoms with Crippen LogP contribution in [0.25, 0.3) is 11.1 Å². The minimum Gasteiger partial charge on any atom is -0.408 e. The van der Waals surface area contributed by atoms with Crippen LogP contribution in [0.4, 0.5) is 0 Å². The number of fused-ring (bicyclic) bond motifs is 1. The fraction of sp³-hybridized carbons (Fsp3) is 0.222. The molecule has 0 bridgehead atoms. The van der Waals surface area contributed by atoms with Crippen molar-refractivity contribution in [3.05, 3.63) is 69.7 Å². The molecule has 1 aromatic heterocycles. The minimum atomic E-state index is -0.520. The highest BCUT2D eigenvalue weighted by molar-refractivity contribution is 5.79. The van der Waals surface area contributed by atoms with Crippen LogP contribution in [-0.4, -0.2) is 10.5 Å². The number of nitrogens with zero attached hydrogens (tertiary/aromatic N) is 1. The molecule has 23 heavy (non-hydrogen) atoms. The highest BCUT2D eigenvalue weighted by Gasteiger charge is 2.12. The number of aryl methyl sites for hydroxylation is 2. The van der Waals surface area contributed by atoms with Crippen molar-refractivity contribution in [3.63, 3.8) is 0 Å². The maximum Gasteiger partial charge on any atom is 0.420 e. The van der Waals surface area contributed by atoms with Crippen LogP contribution in [0.15, 0.2) is 51.7 Å². The molecule has 0 aliphatic carbocycles. The van der Waals surface area contributed by atoms with E-state index in [-0.39, 0.29) is 12.5 Å². The molecule has 1 N–H and O–H groups in total. The molecule has 5 nitrogen and oxygen atoms in total. The molecule has 5 heteroatoms. The number of para-hydroxylation sites is 2. The average Bonchev–Trinajstić information content (AvgIpc) is 2.82. The maximum atomic E-state index is 12.1. The second-order valence-electron chi connectivity index (χ2n) is 5.63. The molecule has 0 atom stereocenters. The summed E-state index contributed by atoms with van der Waals surface area (Å²) in [6.45, 7) is 4.44. The highest BCUT2D eigenvalue weighted by Crippen LogP contribution is 2.12. The van der Waals surface area contributed by atoms with Crippen LogP contribution < -0.4 is 11.1 Å². The SMILES string of the molecule is Cc1ccc(CNC(=O)Cn2c(=O)oc3ccccc32)c(C)c1. The Morgan fingerprint density at radius 3 is 2.74 bits per heavy atom. The normalized spacial score (nSPS) is 10.9. The van der Waals surface area contributed by atoms with Gasteiger partial charge in [-0.3, -0.25) is 9.36 Å². The van der Waals surface area contributed by atoms with Crippen LogP contribution in [0.1, 0.15) is 16.7 Å². The summed E-state index contributed by atoms with van der Waals surface area (Å²) in [4.78, 5) is 24.0. The van der Waals surface area contributed by atoms with Crippen LogP contribution in [0.5, 0.6) is 0 Å². The molecule has 1 amide bonds. The molecule has 3 rings (SSSR count). The molecule has 0 aliphatic heterocycles. The number of amides is 1. The number of nitrogens with one attached hydrogen (secondary N) is 1. The smallest absolute Gasteiger partial charge is 0.408 e. The van der Waals surface area contributed by atoms with Gasteiger partial charge in [0, 0.05) is 6.54 Å². The van der Waals surface area contributed by atoms with Gasteiger partial charge < -0.3 is 9.73 Å². The average molecular weight is 310 g/mol. The predicted octanol–water partition coefficient (Wildman–Crippen LogP) is 2.53. The van der Waals surface area contributed by atoms with Gasteiger partial charge in [0.05, 0.1) is 5.52 Å². The molecule has 3 aromatic rings. The van der Waals surface area contributed by atoms with E-state index in [1.165, 1.54) is 10.1 Å². The van der Waals surface area contributed by atoms with Crippen molar-refractivity contribution < 1.29 is 9.21 Å². The van der Waals surface area contributed by atoms with Gasteiger partial charge in [-0.1, -0.05) is 35.9 Å². The second-order valence-corrected chi connectivity index (χ2v) is 5.63. The van der Waals surface area contributed by atoms with Crippen LogP contribution in [0.2, 0.25) is 0 Å². The topological polar surface area (TPSA) is 64.2 Å². The van der Waals surface area contributed by atoms with Crippen molar-refractivity contribution in [1.29, 1.82) is 0 Å². The first kappa shape index (κ1) is 15.1. The molecule has 0 spiro atoms. The van der Waals surface area contributed by atoms with Crippen molar-refractivity contribution >= 4 is 17.0 Å². The lowest BCUT2D eigenvalue weighted by Gasteiger charge is -2.09. The number of benzene rings is 2. The predicted molar refractivity (Wildman–Crippen MR) is 88.2 cm³/mol. The standard InChI is InChI=1S/C18H18N2O3/c1-12-7-8-14(13(2)9-12)10-19-17(21)11-20-15-5-3-4-6-16(15)23-18(20)22/h3-9H,10-11H2,1-2H3,(H,19,21). The lowest BCUT2D eigenvalue weighted by atomic mass is 10.1. The molecule has 0 saturated carbocycles. The van der Waals surface area contributed by atoms with Crippen molar-refractivity contribution in [2.45, 2.75) is 26.9 Å². The molecule has 118 valence electrons. The molecule has 2 aromatic carbocycles. The molecule has 0 unspecified atom stereocenters. The summed E-state index contributed by atoms with van der Waals surface area (Å²) in [5.41, 5.74) is 4.50. The third kappa shape index (κ3) is 3.18. The van der Waals surface area contributed by atoms with Gasteiger partial charge in [-0.05, 0) is 37.1 Å². The number of aromatic nitrogens is 1. The van der Waals surface area contributed by atoms with Crippen LogP contribution in [0.3, 0.4) is 0 Å². The van der Waals surface area contributed by atoms with E-state index in [1.54, 1.807) is 24.3 Å². The summed E-state index contributed by atoms with van der Waals surface area (Å²) in [6, 6.07) is 13.2. The van der Waals surface area contributed by atoms with Gasteiger partial charge in [0.1, 0.15) is 6.54 Å². The Morgan fingerprint density at radius 1 is 1.17 bits per heavy atom. The van der Waals surface area contributed by atoms with E-state index in [1.807, 2.05) is 26.0 Å². The monoisotopic (exact) mass is 310 g/mol. The van der Waals surface area contributed by atoms with Crippen molar-refractivity contribution in [1.82, 2.24) is 9.88 Å². The fourth-order valence-electron chi connectivity index (χ4n) is 2.60. The molecule has 0 radical (unpaired) electrons. The zero-order valence-electron chi connectivity index (χ0n) is 13.1. The quantitative estimate of drug-likeness (QED) is 0.805. The summed E-state index contributed by atoms with van der Waals surface area (Å²) in [5, 5.41) is 2.85. The van der Waals surface area contributed by atoms with E-state index >= 15 is 0 Å². The van der Waals surface area contributed by atoms with E-state index in [2.05, 4.69) is 11.4 Å². The first-order valence-electron chi connectivity index (χ1n) is 7.46. The third-order valence-electron chi connectivity index (χ3n) is 3.85. The van der Waals surface area contributed by atoms with Gasteiger partial charge in [-0.25, -0.2) is 4.79 Å². The van der Waals surface area contributed by atoms with E-state index in [0.717, 1.165) is 11.1 Å². The number of rotatable bonds is 4. The lowest BCUT2D eigenvalue weighted by molar-refractivity contribution is -0.121. The van der Waals surface area contributed by atoms with Gasteiger partial charge >= 0.3 is 5.76 Å². The summed E-state index contributed by atoms with van der Waals surface area (Å²) in [6.07, 6.45) is 0. The fourth-order valence-corrected chi connectivity index (χ4v) is 2.60. The van der Waals surface area contributed by atoms with Gasteiger partial charge in [-0.15, -0.1) is 0 Å². The van der Waals surface area contributed by atoms with Gasteiger partial charge in [0.25, 0.3) is 0 Å². The van der Waals surface area contributed by atoms with Crippen molar-refractivity contribution in [2.24, 2.45) is 0 Å². The number of carbonyl (C=O) groups is 1. The molecule has 0 aliphatic rings. The van der Waals surface area contributed by atoms with E-state index < -0.39 is 5.76 Å². The Hall–Kier alpha value is -2.82. The van der Waals surface area contributed by atoms with Crippen molar-refractivity contribution in [3.8, 4) is 0 Å². The van der Waals surface area contributed by atoms with Crippen LogP contribution in [0, 0.1) is 13.8 Å². The largest absolute Gasteiger partial charge is 0.420 e. The summed E-state index contributed by atoms with van der Waals surface area (Å²) >= 11 is 0. The molecule has 0 saturated heterocycles. The number of hydrogen-bond donors (Lipinski definition) is 1. The van der Waals surface area contributed by atoms with E-state index in [4.69, 9.17) is 4.42 Å². The highest BCUT2D eigenvalue weighted by atomic mass is 16.4. The molecule has 0 fully saturated rings. The second kappa shape index (κ2) is 6.12. The molecule has 1 heterocycles. The van der Waals surface area contributed by atoms with E-state index in [9.17, 15) is 9.59 Å². The third-order valence-corrected chi connectivity index (χ3v) is 3.85. The Bertz CT molecular complexity index is 921. The summed E-state index contributed by atoms with van der Waals surface area (Å²) in [7, 11) is 0. The minimum absolute atomic E-state index is 0.0548. The van der Waals surface area contributed by atoms with Crippen molar-refractivity contribution in [2.75, 3.05) is 0 Å². The molecular formula is C18H18N2O3. The summed E-state index contributed by atoms with van der Waals surface area (Å²) in [5.74, 6) is -0.744. The first-order chi connectivity index (χ1) is 11.0. The van der Waals surface area contributed by atoms with Crippen LogP contribution in [-0.2, 0) is 17.9 Å². The van der Waals surface area contributed by atoms with Gasteiger partial charge in [0.15, 0.2) is 5.58 Å². The maximum absolute atomic E-state index is 12.1. The van der Waals surface area contributed by atoms with E-state index in [0.29, 0.717) is 17.6 Å². The summed E-state index contributed by atoms with van der Waals surface area (Å²) < 4.78 is 6.46.